The molecule has 1 aromatic carbocycles. The average molecular weight is 377 g/mol. The molecule has 0 atom stereocenters. The van der Waals surface area contributed by atoms with Crippen LogP contribution in [-0.4, -0.2) is 74.1 Å². The number of carbonyl (C=O) groups is 2. The summed E-state index contributed by atoms with van der Waals surface area (Å²) < 4.78 is 11.2. The number of rotatable bonds is 9. The van der Waals surface area contributed by atoms with Crippen LogP contribution in [0.15, 0.2) is 24.3 Å². The quantitative estimate of drug-likeness (QED) is 0.707. The first-order valence-corrected chi connectivity index (χ1v) is 9.74. The van der Waals surface area contributed by atoms with Crippen molar-refractivity contribution in [3.8, 4) is 11.5 Å². The van der Waals surface area contributed by atoms with Crippen molar-refractivity contribution in [3.05, 3.63) is 24.3 Å². The lowest BCUT2D eigenvalue weighted by Gasteiger charge is -2.21. The second kappa shape index (κ2) is 11.4. The lowest BCUT2D eigenvalue weighted by Crippen LogP contribution is -2.40. The summed E-state index contributed by atoms with van der Waals surface area (Å²) in [5.74, 6) is 1.46. The van der Waals surface area contributed by atoms with Crippen molar-refractivity contribution >= 4 is 11.8 Å². The van der Waals surface area contributed by atoms with Crippen LogP contribution >= 0.6 is 0 Å². The molecule has 1 heterocycles. The van der Waals surface area contributed by atoms with E-state index >= 15 is 0 Å². The molecular weight excluding hydrogens is 346 g/mol. The molecule has 7 nitrogen and oxygen atoms in total. The van der Waals surface area contributed by atoms with Gasteiger partial charge in [-0.3, -0.25) is 14.5 Å². The Morgan fingerprint density at radius 1 is 1.00 bits per heavy atom. The van der Waals surface area contributed by atoms with Gasteiger partial charge in [-0.25, -0.2) is 0 Å². The largest absolute Gasteiger partial charge is 0.494 e. The van der Waals surface area contributed by atoms with Crippen molar-refractivity contribution in [3.63, 3.8) is 0 Å². The zero-order valence-electron chi connectivity index (χ0n) is 16.4. The van der Waals surface area contributed by atoms with E-state index in [1.54, 1.807) is 0 Å². The van der Waals surface area contributed by atoms with E-state index in [0.717, 1.165) is 25.1 Å². The maximum Gasteiger partial charge on any atom is 0.260 e. The average Bonchev–Trinajstić information content (AvgIpc) is 2.91. The molecule has 0 radical (unpaired) electrons. The number of benzene rings is 1. The fraction of sp³-hybridized carbons (Fsp3) is 0.600. The van der Waals surface area contributed by atoms with E-state index < -0.39 is 0 Å². The van der Waals surface area contributed by atoms with Gasteiger partial charge in [-0.15, -0.1) is 0 Å². The SMILES string of the molecule is CCCOc1ccc(OCC(=O)N2CCCN(CC(=O)NCC)CC2)cc1. The molecule has 1 fully saturated rings. The first kappa shape index (κ1) is 21.0. The van der Waals surface area contributed by atoms with Gasteiger partial charge in [0.25, 0.3) is 5.91 Å². The van der Waals surface area contributed by atoms with Crippen molar-refractivity contribution in [2.24, 2.45) is 0 Å². The third-order valence-corrected chi connectivity index (χ3v) is 4.34. The van der Waals surface area contributed by atoms with Crippen LogP contribution in [0.5, 0.6) is 11.5 Å². The van der Waals surface area contributed by atoms with Gasteiger partial charge in [0, 0.05) is 32.7 Å². The van der Waals surface area contributed by atoms with Gasteiger partial charge >= 0.3 is 0 Å². The molecule has 27 heavy (non-hydrogen) atoms. The molecule has 1 saturated heterocycles. The molecule has 2 rings (SSSR count). The summed E-state index contributed by atoms with van der Waals surface area (Å²) in [6.45, 7) is 8.53. The molecule has 2 amide bonds. The number of nitrogens with one attached hydrogen (secondary N) is 1. The number of ether oxygens (including phenoxy) is 2. The van der Waals surface area contributed by atoms with Crippen LogP contribution in [0.2, 0.25) is 0 Å². The number of carbonyl (C=O) groups excluding carboxylic acids is 2. The molecule has 0 saturated carbocycles. The van der Waals surface area contributed by atoms with Gasteiger partial charge in [0.2, 0.25) is 5.91 Å². The molecule has 7 heteroatoms. The number of hydrogen-bond donors (Lipinski definition) is 1. The van der Waals surface area contributed by atoms with E-state index in [0.29, 0.717) is 45.1 Å². The molecule has 1 aromatic rings. The third kappa shape index (κ3) is 7.46. The summed E-state index contributed by atoms with van der Waals surface area (Å²) in [6.07, 6.45) is 1.82. The van der Waals surface area contributed by atoms with Crippen molar-refractivity contribution in [1.82, 2.24) is 15.1 Å². The Balaban J connectivity index is 1.74. The molecule has 0 aliphatic carbocycles. The molecule has 1 aliphatic heterocycles. The van der Waals surface area contributed by atoms with Gasteiger partial charge in [0.05, 0.1) is 13.2 Å². The summed E-state index contributed by atoms with van der Waals surface area (Å²) in [5, 5.41) is 2.81. The van der Waals surface area contributed by atoms with Gasteiger partial charge in [-0.1, -0.05) is 6.92 Å². The predicted octanol–water partition coefficient (Wildman–Crippen LogP) is 1.52. The normalized spacial score (nSPS) is 15.1. The summed E-state index contributed by atoms with van der Waals surface area (Å²) in [5.41, 5.74) is 0. The lowest BCUT2D eigenvalue weighted by molar-refractivity contribution is -0.133. The van der Waals surface area contributed by atoms with Crippen LogP contribution in [0.1, 0.15) is 26.7 Å². The highest BCUT2D eigenvalue weighted by Gasteiger charge is 2.20. The Morgan fingerprint density at radius 3 is 2.37 bits per heavy atom. The summed E-state index contributed by atoms with van der Waals surface area (Å²) in [4.78, 5) is 28.1. The van der Waals surface area contributed by atoms with Crippen LogP contribution in [0, 0.1) is 0 Å². The van der Waals surface area contributed by atoms with Gasteiger partial charge < -0.3 is 19.7 Å². The smallest absolute Gasteiger partial charge is 0.260 e. The van der Waals surface area contributed by atoms with Gasteiger partial charge in [-0.2, -0.15) is 0 Å². The Hall–Kier alpha value is -2.28. The lowest BCUT2D eigenvalue weighted by atomic mass is 10.3. The van der Waals surface area contributed by atoms with Crippen molar-refractivity contribution in [1.29, 1.82) is 0 Å². The van der Waals surface area contributed by atoms with E-state index in [9.17, 15) is 9.59 Å². The van der Waals surface area contributed by atoms with Crippen molar-refractivity contribution in [2.75, 3.05) is 52.5 Å². The van der Waals surface area contributed by atoms with Gasteiger partial charge in [0.1, 0.15) is 11.5 Å². The monoisotopic (exact) mass is 377 g/mol. The van der Waals surface area contributed by atoms with Crippen molar-refractivity contribution in [2.45, 2.75) is 26.7 Å². The van der Waals surface area contributed by atoms with Gasteiger partial charge in [-0.05, 0) is 44.0 Å². The van der Waals surface area contributed by atoms with Crippen LogP contribution in [0.4, 0.5) is 0 Å². The maximum absolute atomic E-state index is 12.4. The highest BCUT2D eigenvalue weighted by atomic mass is 16.5. The van der Waals surface area contributed by atoms with E-state index in [1.807, 2.05) is 36.1 Å². The zero-order chi connectivity index (χ0) is 19.5. The standard InChI is InChI=1S/C20H31N3O4/c1-3-14-26-17-6-8-18(9-7-17)27-16-20(25)23-11-5-10-22(12-13-23)15-19(24)21-4-2/h6-9H,3-5,10-16H2,1-2H3,(H,21,24). The minimum Gasteiger partial charge on any atom is -0.494 e. The highest BCUT2D eigenvalue weighted by Crippen LogP contribution is 2.18. The third-order valence-electron chi connectivity index (χ3n) is 4.34. The fourth-order valence-electron chi connectivity index (χ4n) is 2.92. The number of nitrogens with zero attached hydrogens (tertiary/aromatic N) is 2. The molecule has 0 spiro atoms. The van der Waals surface area contributed by atoms with E-state index in [4.69, 9.17) is 9.47 Å². The Morgan fingerprint density at radius 2 is 1.70 bits per heavy atom. The summed E-state index contributed by atoms with van der Waals surface area (Å²) in [6, 6.07) is 7.32. The molecule has 0 unspecified atom stereocenters. The second-order valence-electron chi connectivity index (χ2n) is 6.57. The van der Waals surface area contributed by atoms with Crippen LogP contribution in [-0.2, 0) is 9.59 Å². The molecular formula is C20H31N3O4. The zero-order valence-corrected chi connectivity index (χ0v) is 16.4. The van der Waals surface area contributed by atoms with Gasteiger partial charge in [0.15, 0.2) is 6.61 Å². The maximum atomic E-state index is 12.4. The predicted molar refractivity (Wildman–Crippen MR) is 104 cm³/mol. The topological polar surface area (TPSA) is 71.1 Å². The fourth-order valence-corrected chi connectivity index (χ4v) is 2.92. The summed E-state index contributed by atoms with van der Waals surface area (Å²) in [7, 11) is 0. The Labute approximate surface area is 161 Å². The molecule has 150 valence electrons. The van der Waals surface area contributed by atoms with Crippen LogP contribution in [0.3, 0.4) is 0 Å². The van der Waals surface area contributed by atoms with Crippen LogP contribution in [0.25, 0.3) is 0 Å². The molecule has 1 N–H and O–H groups in total. The Kier molecular flexibility index (Phi) is 8.91. The van der Waals surface area contributed by atoms with Crippen molar-refractivity contribution < 1.29 is 19.1 Å². The molecule has 0 bridgehead atoms. The summed E-state index contributed by atoms with van der Waals surface area (Å²) >= 11 is 0. The van der Waals surface area contributed by atoms with E-state index in [1.165, 1.54) is 0 Å². The minimum atomic E-state index is -0.0267. The van der Waals surface area contributed by atoms with E-state index in [-0.39, 0.29) is 18.4 Å². The number of hydrogen-bond acceptors (Lipinski definition) is 5. The molecule has 1 aliphatic rings. The molecule has 0 aromatic heterocycles. The van der Waals surface area contributed by atoms with Crippen LogP contribution < -0.4 is 14.8 Å². The number of likely N-dealkylation sites (N-methyl/N-ethyl adjacent to an activating group) is 1. The minimum absolute atomic E-state index is 0.0193. The number of amides is 2. The first-order valence-electron chi connectivity index (χ1n) is 9.74. The Bertz CT molecular complexity index is 591. The second-order valence-corrected chi connectivity index (χ2v) is 6.57. The highest BCUT2D eigenvalue weighted by molar-refractivity contribution is 5.78. The first-order chi connectivity index (χ1) is 13.1. The van der Waals surface area contributed by atoms with E-state index in [2.05, 4.69) is 17.1 Å².